The van der Waals surface area contributed by atoms with Crippen LogP contribution in [0.4, 0.5) is 0 Å². The van der Waals surface area contributed by atoms with E-state index in [1.807, 2.05) is 30.3 Å². The van der Waals surface area contributed by atoms with E-state index in [0.717, 1.165) is 16.6 Å². The van der Waals surface area contributed by atoms with E-state index in [1.54, 1.807) is 24.5 Å². The maximum absolute atomic E-state index is 12.3. The molecule has 0 spiro atoms. The molecule has 1 heterocycles. The van der Waals surface area contributed by atoms with Crippen molar-refractivity contribution in [3.63, 3.8) is 0 Å². The number of aromatic amines is 1. The molecule has 0 saturated carbocycles. The second-order valence-corrected chi connectivity index (χ2v) is 5.52. The van der Waals surface area contributed by atoms with Crippen molar-refractivity contribution in [2.24, 2.45) is 0 Å². The van der Waals surface area contributed by atoms with Crippen molar-refractivity contribution < 1.29 is 14.7 Å². The summed E-state index contributed by atoms with van der Waals surface area (Å²) in [5.41, 5.74) is 2.93. The lowest BCUT2D eigenvalue weighted by atomic mass is 10.0. The number of carbonyl (C=O) groups is 2. The number of nitrogens with zero attached hydrogens (tertiary/aromatic N) is 1. The summed E-state index contributed by atoms with van der Waals surface area (Å²) in [6.45, 7) is 0. The van der Waals surface area contributed by atoms with Gasteiger partial charge in [0.1, 0.15) is 6.04 Å². The molecule has 3 N–H and O–H groups in total. The lowest BCUT2D eigenvalue weighted by molar-refractivity contribution is -0.139. The number of hydrogen-bond donors (Lipinski definition) is 3. The predicted octanol–water partition coefficient (Wildman–Crippen LogP) is 2.38. The molecule has 0 radical (unpaired) electrons. The summed E-state index contributed by atoms with van der Waals surface area (Å²) < 4.78 is 0. The van der Waals surface area contributed by atoms with Crippen molar-refractivity contribution in [1.82, 2.24) is 15.3 Å². The average Bonchev–Trinajstić information content (AvgIpc) is 3.06. The molecule has 0 fully saturated rings. The van der Waals surface area contributed by atoms with Crippen LogP contribution in [0.25, 0.3) is 11.0 Å². The van der Waals surface area contributed by atoms with Crippen molar-refractivity contribution in [1.29, 1.82) is 0 Å². The van der Waals surface area contributed by atoms with Crippen LogP contribution in [-0.4, -0.2) is 33.0 Å². The van der Waals surface area contributed by atoms with Gasteiger partial charge in [0.15, 0.2) is 0 Å². The Hall–Kier alpha value is -3.15. The molecule has 3 rings (SSSR count). The maximum Gasteiger partial charge on any atom is 0.326 e. The van der Waals surface area contributed by atoms with Gasteiger partial charge in [-0.05, 0) is 36.6 Å². The summed E-state index contributed by atoms with van der Waals surface area (Å²) in [4.78, 5) is 30.8. The minimum atomic E-state index is -1.04. The van der Waals surface area contributed by atoms with Gasteiger partial charge < -0.3 is 15.4 Å². The van der Waals surface area contributed by atoms with Crippen molar-refractivity contribution in [2.45, 2.75) is 18.9 Å². The van der Waals surface area contributed by atoms with E-state index >= 15 is 0 Å². The Morgan fingerprint density at radius 2 is 1.96 bits per heavy atom. The Balaban J connectivity index is 1.68. The van der Waals surface area contributed by atoms with Gasteiger partial charge in [-0.15, -0.1) is 0 Å². The Labute approximate surface area is 138 Å². The highest BCUT2D eigenvalue weighted by molar-refractivity contribution is 5.99. The van der Waals surface area contributed by atoms with Crippen molar-refractivity contribution in [2.75, 3.05) is 0 Å². The number of nitrogens with one attached hydrogen (secondary N) is 2. The van der Waals surface area contributed by atoms with Crippen LogP contribution in [0.1, 0.15) is 22.3 Å². The highest BCUT2D eigenvalue weighted by Gasteiger charge is 2.20. The molecule has 2 aromatic carbocycles. The molecule has 6 heteroatoms. The van der Waals surface area contributed by atoms with E-state index < -0.39 is 17.9 Å². The number of aromatic nitrogens is 2. The Kier molecular flexibility index (Phi) is 4.56. The molecule has 0 saturated heterocycles. The van der Waals surface area contributed by atoms with Crippen LogP contribution in [0.2, 0.25) is 0 Å². The number of imidazole rings is 1. The number of carboxylic acids is 1. The topological polar surface area (TPSA) is 95.1 Å². The molecule has 0 aliphatic rings. The zero-order valence-corrected chi connectivity index (χ0v) is 12.9. The summed E-state index contributed by atoms with van der Waals surface area (Å²) in [7, 11) is 0. The van der Waals surface area contributed by atoms with Crippen molar-refractivity contribution in [3.8, 4) is 0 Å². The largest absolute Gasteiger partial charge is 0.480 e. The van der Waals surface area contributed by atoms with Gasteiger partial charge in [0, 0.05) is 5.56 Å². The van der Waals surface area contributed by atoms with Crippen LogP contribution in [0.15, 0.2) is 54.9 Å². The minimum Gasteiger partial charge on any atom is -0.480 e. The quantitative estimate of drug-likeness (QED) is 0.649. The van der Waals surface area contributed by atoms with E-state index in [2.05, 4.69) is 15.3 Å². The fourth-order valence-electron chi connectivity index (χ4n) is 2.53. The third-order valence-electron chi connectivity index (χ3n) is 3.85. The number of fused-ring (bicyclic) bond motifs is 1. The summed E-state index contributed by atoms with van der Waals surface area (Å²) in [6.07, 6.45) is 2.46. The smallest absolute Gasteiger partial charge is 0.326 e. The summed E-state index contributed by atoms with van der Waals surface area (Å²) in [5.74, 6) is -1.45. The first-order valence-electron chi connectivity index (χ1n) is 7.64. The van der Waals surface area contributed by atoms with Crippen molar-refractivity contribution in [3.05, 3.63) is 66.0 Å². The zero-order valence-electron chi connectivity index (χ0n) is 12.9. The van der Waals surface area contributed by atoms with Crippen molar-refractivity contribution >= 4 is 22.9 Å². The van der Waals surface area contributed by atoms with Crippen LogP contribution in [0.5, 0.6) is 0 Å². The molecule has 1 aromatic heterocycles. The standard InChI is InChI=1S/C18H17N3O3/c22-17(13-7-9-14-16(10-13)20-11-19-14)21-15(18(23)24)8-6-12-4-2-1-3-5-12/h1-5,7,9-11,15H,6,8H2,(H,19,20)(H,21,22)(H,23,24)/t15-/m0/s1. The molecule has 3 aromatic rings. The van der Waals surface area contributed by atoms with Gasteiger partial charge in [-0.25, -0.2) is 9.78 Å². The summed E-state index contributed by atoms with van der Waals surface area (Å²) in [5, 5.41) is 11.9. The highest BCUT2D eigenvalue weighted by atomic mass is 16.4. The number of rotatable bonds is 6. The number of aryl methyl sites for hydroxylation is 1. The van der Waals surface area contributed by atoms with Gasteiger partial charge in [0.25, 0.3) is 5.91 Å². The van der Waals surface area contributed by atoms with Gasteiger partial charge in [-0.2, -0.15) is 0 Å². The lowest BCUT2D eigenvalue weighted by Crippen LogP contribution is -2.41. The average molecular weight is 323 g/mol. The van der Waals surface area contributed by atoms with Gasteiger partial charge >= 0.3 is 5.97 Å². The Morgan fingerprint density at radius 1 is 1.17 bits per heavy atom. The second-order valence-electron chi connectivity index (χ2n) is 5.52. The molecule has 1 atom stereocenters. The fraction of sp³-hybridized carbons (Fsp3) is 0.167. The molecule has 122 valence electrons. The Bertz CT molecular complexity index is 858. The molecule has 0 unspecified atom stereocenters. The summed E-state index contributed by atoms with van der Waals surface area (Å²) in [6, 6.07) is 13.7. The molecule has 0 aliphatic carbocycles. The number of benzene rings is 2. The van der Waals surface area contributed by atoms with Crippen LogP contribution in [-0.2, 0) is 11.2 Å². The van der Waals surface area contributed by atoms with E-state index in [-0.39, 0.29) is 0 Å². The number of H-pyrrole nitrogens is 1. The first kappa shape index (κ1) is 15.7. The first-order chi connectivity index (χ1) is 11.6. The predicted molar refractivity (Wildman–Crippen MR) is 89.7 cm³/mol. The maximum atomic E-state index is 12.3. The number of amides is 1. The van der Waals surface area contributed by atoms with E-state index in [9.17, 15) is 14.7 Å². The molecule has 24 heavy (non-hydrogen) atoms. The monoisotopic (exact) mass is 323 g/mol. The van der Waals surface area contributed by atoms with Gasteiger partial charge in [0.05, 0.1) is 17.4 Å². The van der Waals surface area contributed by atoms with Gasteiger partial charge in [0.2, 0.25) is 0 Å². The number of carboxylic acid groups (broad SMARTS) is 1. The Morgan fingerprint density at radius 3 is 2.71 bits per heavy atom. The molecular formula is C18H17N3O3. The lowest BCUT2D eigenvalue weighted by Gasteiger charge is -2.14. The molecule has 0 bridgehead atoms. The SMILES string of the molecule is O=C(N[C@@H](CCc1ccccc1)C(=O)O)c1ccc2nc[nH]c2c1. The summed E-state index contributed by atoms with van der Waals surface area (Å²) >= 11 is 0. The number of hydrogen-bond acceptors (Lipinski definition) is 3. The van der Waals surface area contributed by atoms with Gasteiger partial charge in [-0.1, -0.05) is 30.3 Å². The fourth-order valence-corrected chi connectivity index (χ4v) is 2.53. The minimum absolute atomic E-state index is 0.331. The first-order valence-corrected chi connectivity index (χ1v) is 7.64. The normalized spacial score (nSPS) is 12.0. The number of carbonyl (C=O) groups excluding carboxylic acids is 1. The number of aliphatic carboxylic acids is 1. The molecule has 0 aliphatic heterocycles. The molecule has 1 amide bonds. The van der Waals surface area contributed by atoms with Crippen LogP contribution >= 0.6 is 0 Å². The third kappa shape index (κ3) is 3.60. The van der Waals surface area contributed by atoms with Gasteiger partial charge in [-0.3, -0.25) is 4.79 Å². The van der Waals surface area contributed by atoms with E-state index in [0.29, 0.717) is 18.4 Å². The molecule has 6 nitrogen and oxygen atoms in total. The third-order valence-corrected chi connectivity index (χ3v) is 3.85. The van der Waals surface area contributed by atoms with Crippen LogP contribution < -0.4 is 5.32 Å². The highest BCUT2D eigenvalue weighted by Crippen LogP contribution is 2.12. The zero-order chi connectivity index (χ0) is 16.9. The molecular weight excluding hydrogens is 306 g/mol. The second kappa shape index (κ2) is 6.95. The van der Waals surface area contributed by atoms with E-state index in [1.165, 1.54) is 0 Å². The van der Waals surface area contributed by atoms with Crippen LogP contribution in [0, 0.1) is 0 Å². The van der Waals surface area contributed by atoms with E-state index in [4.69, 9.17) is 0 Å². The van der Waals surface area contributed by atoms with Crippen LogP contribution in [0.3, 0.4) is 0 Å².